The van der Waals surface area contributed by atoms with E-state index in [1.54, 1.807) is 0 Å². The van der Waals surface area contributed by atoms with E-state index < -0.39 is 6.16 Å². The van der Waals surface area contributed by atoms with Crippen LogP contribution < -0.4 is 5.73 Å². The molecule has 0 aromatic rings. The summed E-state index contributed by atoms with van der Waals surface area (Å²) in [6.45, 7) is 3.09. The fourth-order valence-corrected chi connectivity index (χ4v) is 0.748. The van der Waals surface area contributed by atoms with Gasteiger partial charge < -0.3 is 15.9 Å². The van der Waals surface area contributed by atoms with Crippen molar-refractivity contribution in [2.45, 2.75) is 39.0 Å². The van der Waals surface area contributed by atoms with E-state index >= 15 is 0 Å². The average Bonchev–Trinajstić information content (AvgIpc) is 1.97. The van der Waals surface area contributed by atoms with E-state index in [0.29, 0.717) is 0 Å². The molecule has 0 rings (SSSR count). The first kappa shape index (κ1) is 13.8. The summed E-state index contributed by atoms with van der Waals surface area (Å²) in [7, 11) is 0. The van der Waals surface area contributed by atoms with Gasteiger partial charge in [-0.2, -0.15) is 0 Å². The van der Waals surface area contributed by atoms with E-state index in [-0.39, 0.29) is 0 Å². The molecule has 12 heavy (non-hydrogen) atoms. The molecule has 0 heterocycles. The molecule has 0 radical (unpaired) electrons. The van der Waals surface area contributed by atoms with Gasteiger partial charge in [0.1, 0.15) is 0 Å². The molecule has 0 aromatic heterocycles. The van der Waals surface area contributed by atoms with Gasteiger partial charge in [0, 0.05) is 0 Å². The van der Waals surface area contributed by atoms with Crippen LogP contribution in [0.1, 0.15) is 39.0 Å². The largest absolute Gasteiger partial charge is 0.503 e. The highest BCUT2D eigenvalue weighted by atomic mass is 16.6. The molecule has 0 aliphatic carbocycles. The summed E-state index contributed by atoms with van der Waals surface area (Å²) in [5.41, 5.74) is 5.31. The Balaban J connectivity index is 0. The van der Waals surface area contributed by atoms with Gasteiger partial charge in [0.15, 0.2) is 0 Å². The van der Waals surface area contributed by atoms with E-state index in [4.69, 9.17) is 20.7 Å². The standard InChI is InChI=1S/C7H17N.CH2O3/c1-2-3-4-5-6-7-8;2-1(3)4/h2-8H2,1H3;(H2,2,3,4). The molecule has 0 aliphatic heterocycles. The second-order valence-corrected chi connectivity index (χ2v) is 2.49. The lowest BCUT2D eigenvalue weighted by Gasteiger charge is -1.93. The molecule has 0 saturated heterocycles. The normalized spacial score (nSPS) is 8.50. The first-order valence-electron chi connectivity index (χ1n) is 4.27. The highest BCUT2D eigenvalue weighted by Crippen LogP contribution is 2.00. The molecule has 74 valence electrons. The lowest BCUT2D eigenvalue weighted by Crippen LogP contribution is -1.97. The van der Waals surface area contributed by atoms with Crippen molar-refractivity contribution in [2.24, 2.45) is 5.73 Å². The van der Waals surface area contributed by atoms with Crippen LogP contribution in [-0.4, -0.2) is 22.9 Å². The molecule has 0 saturated carbocycles. The van der Waals surface area contributed by atoms with Crippen molar-refractivity contribution in [1.82, 2.24) is 0 Å². The van der Waals surface area contributed by atoms with E-state index in [1.165, 1.54) is 32.1 Å². The molecule has 0 aliphatic rings. The van der Waals surface area contributed by atoms with Crippen molar-refractivity contribution in [3.63, 3.8) is 0 Å². The Morgan fingerprint density at radius 3 is 1.92 bits per heavy atom. The minimum atomic E-state index is -1.83. The van der Waals surface area contributed by atoms with Crippen LogP contribution in [0, 0.1) is 0 Å². The summed E-state index contributed by atoms with van der Waals surface area (Å²) in [6.07, 6.45) is 4.77. The second kappa shape index (κ2) is 12.9. The molecule has 0 aromatic carbocycles. The van der Waals surface area contributed by atoms with Crippen molar-refractivity contribution in [3.8, 4) is 0 Å². The van der Waals surface area contributed by atoms with Crippen LogP contribution in [0.25, 0.3) is 0 Å². The van der Waals surface area contributed by atoms with Gasteiger partial charge in [-0.05, 0) is 13.0 Å². The predicted octanol–water partition coefficient (Wildman–Crippen LogP) is 2.14. The van der Waals surface area contributed by atoms with Crippen LogP contribution >= 0.6 is 0 Å². The summed E-state index contributed by atoms with van der Waals surface area (Å²) >= 11 is 0. The number of rotatable bonds is 5. The van der Waals surface area contributed by atoms with E-state index in [1.807, 2.05) is 0 Å². The first-order chi connectivity index (χ1) is 5.65. The van der Waals surface area contributed by atoms with Crippen molar-refractivity contribution in [2.75, 3.05) is 6.54 Å². The molecule has 4 nitrogen and oxygen atoms in total. The SMILES string of the molecule is CCCCCCCN.O=C(O)O. The average molecular weight is 177 g/mol. The third-order valence-corrected chi connectivity index (χ3v) is 1.31. The molecule has 0 amide bonds. The fraction of sp³-hybridized carbons (Fsp3) is 0.875. The Kier molecular flexibility index (Phi) is 14.8. The Hall–Kier alpha value is -0.770. The summed E-state index contributed by atoms with van der Waals surface area (Å²) in [4.78, 5) is 8.56. The topological polar surface area (TPSA) is 83.6 Å². The number of nitrogens with two attached hydrogens (primary N) is 1. The minimum Gasteiger partial charge on any atom is -0.450 e. The zero-order valence-electron chi connectivity index (χ0n) is 7.62. The molecule has 0 unspecified atom stereocenters. The lowest BCUT2D eigenvalue weighted by atomic mass is 10.2. The van der Waals surface area contributed by atoms with Crippen molar-refractivity contribution < 1.29 is 15.0 Å². The summed E-state index contributed by atoms with van der Waals surface area (Å²) < 4.78 is 0. The van der Waals surface area contributed by atoms with Crippen LogP contribution in [0.4, 0.5) is 4.79 Å². The van der Waals surface area contributed by atoms with Crippen molar-refractivity contribution in [1.29, 1.82) is 0 Å². The van der Waals surface area contributed by atoms with Crippen LogP contribution in [0.5, 0.6) is 0 Å². The third kappa shape index (κ3) is 34.9. The highest BCUT2D eigenvalue weighted by molar-refractivity contribution is 5.53. The summed E-state index contributed by atoms with van der Waals surface area (Å²) in [5, 5.41) is 13.9. The van der Waals surface area contributed by atoms with Crippen LogP contribution in [0.3, 0.4) is 0 Å². The third-order valence-electron chi connectivity index (χ3n) is 1.31. The Morgan fingerprint density at radius 2 is 1.58 bits per heavy atom. The summed E-state index contributed by atoms with van der Waals surface area (Å²) in [6, 6.07) is 0. The molecule has 0 fully saturated rings. The molecule has 4 N–H and O–H groups in total. The lowest BCUT2D eigenvalue weighted by molar-refractivity contribution is 0.137. The fourth-order valence-electron chi connectivity index (χ4n) is 0.748. The van der Waals surface area contributed by atoms with Gasteiger partial charge in [-0.15, -0.1) is 0 Å². The number of hydrogen-bond donors (Lipinski definition) is 3. The van der Waals surface area contributed by atoms with Crippen molar-refractivity contribution in [3.05, 3.63) is 0 Å². The number of hydrogen-bond acceptors (Lipinski definition) is 2. The van der Waals surface area contributed by atoms with Gasteiger partial charge in [-0.25, -0.2) is 4.79 Å². The maximum atomic E-state index is 8.56. The molecule has 4 heteroatoms. The maximum absolute atomic E-state index is 8.56. The molecular weight excluding hydrogens is 158 g/mol. The van der Waals surface area contributed by atoms with E-state index in [2.05, 4.69) is 6.92 Å². The smallest absolute Gasteiger partial charge is 0.450 e. The Bertz CT molecular complexity index is 86.3. The maximum Gasteiger partial charge on any atom is 0.503 e. The van der Waals surface area contributed by atoms with Gasteiger partial charge in [0.25, 0.3) is 0 Å². The van der Waals surface area contributed by atoms with E-state index in [0.717, 1.165) is 6.54 Å². The van der Waals surface area contributed by atoms with Gasteiger partial charge in [0.05, 0.1) is 0 Å². The van der Waals surface area contributed by atoms with Gasteiger partial charge in [0.2, 0.25) is 0 Å². The van der Waals surface area contributed by atoms with Crippen molar-refractivity contribution >= 4 is 6.16 Å². The van der Waals surface area contributed by atoms with Gasteiger partial charge in [-0.3, -0.25) is 0 Å². The zero-order chi connectivity index (χ0) is 9.82. The van der Waals surface area contributed by atoms with Gasteiger partial charge >= 0.3 is 6.16 Å². The Morgan fingerprint density at radius 1 is 1.17 bits per heavy atom. The first-order valence-corrected chi connectivity index (χ1v) is 4.27. The number of unbranched alkanes of at least 4 members (excludes halogenated alkanes) is 4. The summed E-state index contributed by atoms with van der Waals surface area (Å²) in [5.74, 6) is 0. The molecule has 0 bridgehead atoms. The minimum absolute atomic E-state index is 0.865. The van der Waals surface area contributed by atoms with E-state index in [9.17, 15) is 0 Å². The monoisotopic (exact) mass is 177 g/mol. The Labute approximate surface area is 73.4 Å². The second-order valence-electron chi connectivity index (χ2n) is 2.49. The van der Waals surface area contributed by atoms with Gasteiger partial charge in [-0.1, -0.05) is 32.6 Å². The highest BCUT2D eigenvalue weighted by Gasteiger charge is 1.83. The molecule has 0 atom stereocenters. The molecule has 0 spiro atoms. The predicted molar refractivity (Wildman–Crippen MR) is 48.5 cm³/mol. The number of carbonyl (C=O) groups is 1. The van der Waals surface area contributed by atoms with Crippen LogP contribution in [-0.2, 0) is 0 Å². The zero-order valence-corrected chi connectivity index (χ0v) is 7.62. The van der Waals surface area contributed by atoms with Crippen LogP contribution in [0.2, 0.25) is 0 Å². The number of carboxylic acid groups (broad SMARTS) is 2. The quantitative estimate of drug-likeness (QED) is 0.562. The van der Waals surface area contributed by atoms with Crippen LogP contribution in [0.15, 0.2) is 0 Å². The molecular formula is C8H19NO3.